The van der Waals surface area contributed by atoms with Crippen LogP contribution in [0, 0.1) is 23.2 Å². The first kappa shape index (κ1) is 65.4. The lowest BCUT2D eigenvalue weighted by Gasteiger charge is -2.56. The third kappa shape index (κ3) is 16.9. The van der Waals surface area contributed by atoms with Crippen molar-refractivity contribution in [2.45, 2.75) is 196 Å². The predicted molar refractivity (Wildman–Crippen MR) is 319 cm³/mol. The monoisotopic (exact) mass is 1210 g/mol. The number of hydrogen-bond donors (Lipinski definition) is 12. The molecule has 16 N–H and O–H groups in total. The Kier molecular flexibility index (Phi) is 22.5. The molecule has 1 aromatic rings. The van der Waals surface area contributed by atoms with E-state index in [1.165, 1.54) is 34.0 Å². The minimum Gasteiger partial charge on any atom is -0.480 e. The summed E-state index contributed by atoms with van der Waals surface area (Å²) < 4.78 is 0. The average Bonchev–Trinajstić information content (AvgIpc) is 2.31. The molecule has 5 aliphatic carbocycles. The van der Waals surface area contributed by atoms with Gasteiger partial charge in [-0.2, -0.15) is 0 Å². The number of carboxylic acids is 1. The summed E-state index contributed by atoms with van der Waals surface area (Å²) in [6, 6.07) is 0.604. The topological polar surface area (TPSA) is 422 Å². The molecule has 8 aliphatic rings. The van der Waals surface area contributed by atoms with Crippen molar-refractivity contribution in [3.8, 4) is 0 Å². The highest BCUT2D eigenvalue weighted by molar-refractivity contribution is 5.99. The number of amides is 9. The van der Waals surface area contributed by atoms with Crippen LogP contribution in [0.5, 0.6) is 0 Å². The second-order valence-electron chi connectivity index (χ2n) is 25.4. The lowest BCUT2D eigenvalue weighted by Crippen LogP contribution is -2.65. The second-order valence-corrected chi connectivity index (χ2v) is 25.4. The number of nitrogens with one attached hydrogen (secondary N) is 6. The van der Waals surface area contributed by atoms with Crippen LogP contribution in [0.25, 0.3) is 0 Å². The molecule has 5 saturated carbocycles. The molecule has 478 valence electrons. The average molecular weight is 1210 g/mol. The maximum absolute atomic E-state index is 14.5. The first-order valence-electron chi connectivity index (χ1n) is 31.4. The maximum Gasteiger partial charge on any atom is 0.326 e. The van der Waals surface area contributed by atoms with Gasteiger partial charge in [-0.3, -0.25) is 53.1 Å². The smallest absolute Gasteiger partial charge is 0.326 e. The minimum absolute atomic E-state index is 0.0149. The molecule has 1 aromatic carbocycles. The van der Waals surface area contributed by atoms with E-state index in [-0.39, 0.29) is 113 Å². The van der Waals surface area contributed by atoms with Gasteiger partial charge in [0.25, 0.3) is 0 Å². The van der Waals surface area contributed by atoms with E-state index in [9.17, 15) is 58.2 Å². The molecule has 3 heterocycles. The van der Waals surface area contributed by atoms with Crippen molar-refractivity contribution >= 4 is 71.1 Å². The zero-order valence-corrected chi connectivity index (χ0v) is 49.9. The highest BCUT2D eigenvalue weighted by atomic mass is 16.4. The Balaban J connectivity index is 0.867. The number of carbonyl (C=O) groups is 10. The number of benzene rings is 1. The van der Waals surface area contributed by atoms with E-state index in [0.717, 1.165) is 25.7 Å². The molecule has 27 nitrogen and oxygen atoms in total. The molecular formula is C60H91N15O12. The number of aliphatic carboxylic acids is 1. The van der Waals surface area contributed by atoms with Gasteiger partial charge in [-0.1, -0.05) is 49.6 Å². The van der Waals surface area contributed by atoms with E-state index >= 15 is 0 Å². The molecule has 9 amide bonds. The molecule has 8 fully saturated rings. The number of likely N-dealkylation sites (tertiary alicyclic amines) is 3. The number of hydrogen-bond acceptors (Lipinski definition) is 13. The van der Waals surface area contributed by atoms with Crippen LogP contribution in [-0.4, -0.2) is 190 Å². The van der Waals surface area contributed by atoms with E-state index in [1.807, 2.05) is 0 Å². The van der Waals surface area contributed by atoms with Crippen LogP contribution < -0.4 is 54.8 Å². The Morgan fingerprint density at radius 2 is 1.13 bits per heavy atom. The minimum atomic E-state index is -1.57. The lowest BCUT2D eigenvalue weighted by atomic mass is 9.49. The quantitative estimate of drug-likeness (QED) is 0.0268. The molecule has 0 spiro atoms. The molecule has 7 atom stereocenters. The standard InChI is InChI=1S/C60H91N15O12/c61-57(62)65-21-7-14-40(68-47(77)33-59-30-37-26-38(31-59)28-39(27-37)32-59)52(82)75-25-11-18-46(75)54(84)74-24-9-16-44(74)50(80)67-34-48(78)69-42(29-36-12-3-1-4-13-36)49(79)70-43(35-76)53(83)73-23-10-17-45(73)51(81)72-60(19-5-2-6-20-60)56(87)71-41(55(85)86)15-8-22-66-58(63)64/h1,3-4,12-13,37-46,76H,2,5-11,14-35H2,(H,67,80)(H,68,77)(H,69,78)(H,70,79)(H,71,87)(H,72,81)(H,85,86)(H4,61,62,65)(H4,63,64,66)/t37?,38?,39?,40-,41-,42-,43-,44-,45-,46-,59?/m0/s1. The Bertz CT molecular complexity index is 2700. The lowest BCUT2D eigenvalue weighted by molar-refractivity contribution is -0.148. The van der Waals surface area contributed by atoms with Crippen LogP contribution in [0.2, 0.25) is 0 Å². The first-order valence-corrected chi connectivity index (χ1v) is 31.4. The van der Waals surface area contributed by atoms with E-state index in [0.29, 0.717) is 74.7 Å². The van der Waals surface area contributed by atoms with Gasteiger partial charge in [-0.05, 0) is 144 Å². The molecule has 0 unspecified atom stereocenters. The Morgan fingerprint density at radius 3 is 1.70 bits per heavy atom. The molecule has 27 heteroatoms. The van der Waals surface area contributed by atoms with Crippen molar-refractivity contribution in [1.82, 2.24) is 46.6 Å². The molecule has 3 saturated heterocycles. The number of carboxylic acid groups (broad SMARTS) is 1. The predicted octanol–water partition coefficient (Wildman–Crippen LogP) is -1.13. The van der Waals surface area contributed by atoms with Crippen LogP contribution in [0.4, 0.5) is 0 Å². The first-order chi connectivity index (χ1) is 41.7. The normalized spacial score (nSPS) is 25.6. The largest absolute Gasteiger partial charge is 0.480 e. The summed E-state index contributed by atoms with van der Waals surface area (Å²) in [5.74, 6) is -4.90. The molecular weight excluding hydrogens is 1120 g/mol. The zero-order chi connectivity index (χ0) is 62.4. The van der Waals surface area contributed by atoms with Gasteiger partial charge in [-0.15, -0.1) is 0 Å². The van der Waals surface area contributed by atoms with Crippen molar-refractivity contribution in [2.75, 3.05) is 45.9 Å². The zero-order valence-electron chi connectivity index (χ0n) is 49.9. The highest BCUT2D eigenvalue weighted by Gasteiger charge is 2.52. The third-order valence-corrected chi connectivity index (χ3v) is 19.0. The van der Waals surface area contributed by atoms with Crippen LogP contribution in [0.3, 0.4) is 0 Å². The maximum atomic E-state index is 14.5. The summed E-state index contributed by atoms with van der Waals surface area (Å²) in [4.78, 5) is 152. The fourth-order valence-corrected chi connectivity index (χ4v) is 15.3. The summed E-state index contributed by atoms with van der Waals surface area (Å²) >= 11 is 0. The third-order valence-electron chi connectivity index (χ3n) is 19.0. The van der Waals surface area contributed by atoms with Crippen molar-refractivity contribution in [3.63, 3.8) is 0 Å². The summed E-state index contributed by atoms with van der Waals surface area (Å²) in [6.45, 7) is -0.500. The van der Waals surface area contributed by atoms with Crippen molar-refractivity contribution < 1.29 is 58.2 Å². The fourth-order valence-electron chi connectivity index (χ4n) is 15.3. The van der Waals surface area contributed by atoms with Crippen molar-refractivity contribution in [3.05, 3.63) is 35.9 Å². The Morgan fingerprint density at radius 1 is 0.598 bits per heavy atom. The number of rotatable bonds is 28. The van der Waals surface area contributed by atoms with Gasteiger partial charge >= 0.3 is 5.97 Å². The van der Waals surface area contributed by atoms with Gasteiger partial charge in [-0.25, -0.2) is 4.79 Å². The van der Waals surface area contributed by atoms with Crippen LogP contribution in [-0.2, 0) is 54.4 Å². The molecule has 3 aliphatic heterocycles. The summed E-state index contributed by atoms with van der Waals surface area (Å²) in [5, 5.41) is 36.9. The number of nitrogens with zero attached hydrogens (tertiary/aromatic N) is 5. The van der Waals surface area contributed by atoms with Gasteiger partial charge in [0.05, 0.1) is 13.2 Å². The molecule has 9 rings (SSSR count). The number of aliphatic imine (C=N–C) groups is 2. The van der Waals surface area contributed by atoms with Crippen LogP contribution in [0.1, 0.15) is 147 Å². The second kappa shape index (κ2) is 29.9. The number of carbonyl (C=O) groups excluding carboxylic acids is 9. The van der Waals surface area contributed by atoms with Gasteiger partial charge in [0.15, 0.2) is 11.9 Å². The summed E-state index contributed by atoms with van der Waals surface area (Å²) in [6.07, 6.45) is 12.6. The molecule has 0 aromatic heterocycles. The summed E-state index contributed by atoms with van der Waals surface area (Å²) in [5.41, 5.74) is 21.0. The van der Waals surface area contributed by atoms with Gasteiger partial charge in [0, 0.05) is 45.6 Å². The number of aliphatic hydroxyl groups is 1. The van der Waals surface area contributed by atoms with E-state index in [2.05, 4.69) is 41.9 Å². The molecule has 4 bridgehead atoms. The van der Waals surface area contributed by atoms with Gasteiger partial charge < -0.3 is 79.7 Å². The van der Waals surface area contributed by atoms with Crippen LogP contribution in [0.15, 0.2) is 40.3 Å². The SMILES string of the molecule is NC(N)=NCCC[C@H](NC(=O)C1(NC(=O)[C@@H]2CCCN2C(=O)[C@H](CO)NC(=O)[C@H](Cc2ccccc2)NC(=O)CNC(=O)[C@@H]2CCCN2C(=O)[C@@H]2CCCN2C(=O)[C@H](CCCN=C(N)N)NC(=O)CC23CC4CC(CC(C4)C2)C3)CCCCC1)C(=O)O. The number of aliphatic hydroxyl groups excluding tert-OH is 1. The van der Waals surface area contributed by atoms with Crippen LogP contribution >= 0.6 is 0 Å². The Labute approximate surface area is 507 Å². The van der Waals surface area contributed by atoms with E-state index < -0.39 is 108 Å². The molecule has 87 heavy (non-hydrogen) atoms. The molecule has 0 radical (unpaired) electrons. The van der Waals surface area contributed by atoms with E-state index in [4.69, 9.17) is 22.9 Å². The Hall–Kier alpha value is -7.58. The fraction of sp³-hybridized carbons (Fsp3) is 0.700. The summed E-state index contributed by atoms with van der Waals surface area (Å²) in [7, 11) is 0. The van der Waals surface area contributed by atoms with Gasteiger partial charge in [0.2, 0.25) is 53.2 Å². The van der Waals surface area contributed by atoms with Crippen molar-refractivity contribution in [1.29, 1.82) is 0 Å². The van der Waals surface area contributed by atoms with E-state index in [1.54, 1.807) is 30.3 Å². The highest BCUT2D eigenvalue weighted by Crippen LogP contribution is 2.61. The number of nitrogens with two attached hydrogens (primary N) is 4. The number of guanidine groups is 2. The van der Waals surface area contributed by atoms with Crippen molar-refractivity contribution in [2.24, 2.45) is 56.1 Å². The van der Waals surface area contributed by atoms with Gasteiger partial charge in [0.1, 0.15) is 47.8 Å².